The zero-order chi connectivity index (χ0) is 10.5. The number of hydrogen-bond acceptors (Lipinski definition) is 2. The van der Waals surface area contributed by atoms with Crippen LogP contribution < -0.4 is 5.73 Å². The van der Waals surface area contributed by atoms with Crippen LogP contribution in [0.15, 0.2) is 30.3 Å². The molecule has 1 aliphatic rings. The zero-order valence-electron chi connectivity index (χ0n) is 9.47. The Morgan fingerprint density at radius 1 is 1.19 bits per heavy atom. The Morgan fingerprint density at radius 2 is 1.94 bits per heavy atom. The fraction of sp³-hybridized carbons (Fsp3) is 0.538. The molecule has 1 aromatic carbocycles. The molecule has 2 rings (SSSR count). The molecule has 2 atom stereocenters. The van der Waals surface area contributed by atoms with Crippen molar-refractivity contribution in [1.82, 2.24) is 0 Å². The number of rotatable bonds is 4. The molecule has 2 N–H and O–H groups in total. The second kappa shape index (κ2) is 6.89. The number of hydrogen-bond donors (Lipinski definition) is 1. The third kappa shape index (κ3) is 4.12. The first-order chi connectivity index (χ1) is 7.34. The first-order valence-corrected chi connectivity index (χ1v) is 5.72. The summed E-state index contributed by atoms with van der Waals surface area (Å²) in [7, 11) is 0. The normalized spacial score (nSPS) is 24.1. The monoisotopic (exact) mass is 241 g/mol. The van der Waals surface area contributed by atoms with Crippen LogP contribution in [0.2, 0.25) is 0 Å². The van der Waals surface area contributed by atoms with Gasteiger partial charge in [-0.05, 0) is 30.7 Å². The van der Waals surface area contributed by atoms with Gasteiger partial charge in [0.25, 0.3) is 0 Å². The third-order valence-electron chi connectivity index (χ3n) is 3.05. The first kappa shape index (κ1) is 13.5. The van der Waals surface area contributed by atoms with Crippen molar-refractivity contribution >= 4 is 12.4 Å². The van der Waals surface area contributed by atoms with Crippen LogP contribution in [0.5, 0.6) is 0 Å². The first-order valence-electron chi connectivity index (χ1n) is 5.72. The molecule has 0 aliphatic heterocycles. The van der Waals surface area contributed by atoms with Crippen molar-refractivity contribution in [2.75, 3.05) is 6.61 Å². The van der Waals surface area contributed by atoms with Gasteiger partial charge in [0.05, 0.1) is 6.61 Å². The smallest absolute Gasteiger partial charge is 0.0717 e. The minimum atomic E-state index is 0. The highest BCUT2D eigenvalue weighted by Crippen LogP contribution is 2.24. The van der Waals surface area contributed by atoms with E-state index in [4.69, 9.17) is 10.5 Å². The van der Waals surface area contributed by atoms with Crippen molar-refractivity contribution in [1.29, 1.82) is 0 Å². The van der Waals surface area contributed by atoms with Gasteiger partial charge in [-0.1, -0.05) is 30.3 Å². The molecule has 0 bridgehead atoms. The van der Waals surface area contributed by atoms with Crippen LogP contribution in [-0.2, 0) is 11.3 Å². The Labute approximate surface area is 104 Å². The van der Waals surface area contributed by atoms with Gasteiger partial charge in [0.15, 0.2) is 0 Å². The predicted molar refractivity (Wildman–Crippen MR) is 68.7 cm³/mol. The molecule has 1 aliphatic carbocycles. The average Bonchev–Trinajstić information content (AvgIpc) is 2.66. The van der Waals surface area contributed by atoms with E-state index in [0.717, 1.165) is 19.6 Å². The molecule has 1 saturated carbocycles. The van der Waals surface area contributed by atoms with Gasteiger partial charge in [-0.15, -0.1) is 12.4 Å². The molecule has 2 nitrogen and oxygen atoms in total. The fourth-order valence-electron chi connectivity index (χ4n) is 2.18. The number of halogens is 1. The van der Waals surface area contributed by atoms with Crippen LogP contribution >= 0.6 is 12.4 Å². The molecule has 0 saturated heterocycles. The highest BCUT2D eigenvalue weighted by Gasteiger charge is 2.21. The molecule has 0 heterocycles. The van der Waals surface area contributed by atoms with Crippen LogP contribution in [0.25, 0.3) is 0 Å². The maximum absolute atomic E-state index is 5.85. The van der Waals surface area contributed by atoms with Crippen molar-refractivity contribution in [3.63, 3.8) is 0 Å². The van der Waals surface area contributed by atoms with Gasteiger partial charge >= 0.3 is 0 Å². The van der Waals surface area contributed by atoms with Crippen LogP contribution in [0.1, 0.15) is 24.8 Å². The quantitative estimate of drug-likeness (QED) is 0.880. The maximum atomic E-state index is 5.85. The second-order valence-corrected chi connectivity index (χ2v) is 4.44. The van der Waals surface area contributed by atoms with Crippen molar-refractivity contribution in [3.05, 3.63) is 35.9 Å². The highest BCUT2D eigenvalue weighted by molar-refractivity contribution is 5.85. The van der Waals surface area contributed by atoms with E-state index in [1.54, 1.807) is 0 Å². The van der Waals surface area contributed by atoms with E-state index in [0.29, 0.717) is 12.0 Å². The molecule has 0 unspecified atom stereocenters. The summed E-state index contributed by atoms with van der Waals surface area (Å²) in [5.41, 5.74) is 7.10. The highest BCUT2D eigenvalue weighted by atomic mass is 35.5. The number of nitrogens with two attached hydrogens (primary N) is 1. The van der Waals surface area contributed by atoms with E-state index in [1.807, 2.05) is 18.2 Å². The van der Waals surface area contributed by atoms with Crippen molar-refractivity contribution < 1.29 is 4.74 Å². The van der Waals surface area contributed by atoms with Crippen LogP contribution in [0.4, 0.5) is 0 Å². The molecule has 0 radical (unpaired) electrons. The van der Waals surface area contributed by atoms with Crippen molar-refractivity contribution in [2.45, 2.75) is 31.9 Å². The summed E-state index contributed by atoms with van der Waals surface area (Å²) in [6, 6.07) is 10.7. The lowest BCUT2D eigenvalue weighted by Gasteiger charge is -2.10. The van der Waals surface area contributed by atoms with E-state index in [9.17, 15) is 0 Å². The summed E-state index contributed by atoms with van der Waals surface area (Å²) in [4.78, 5) is 0. The number of benzene rings is 1. The fourth-order valence-corrected chi connectivity index (χ4v) is 2.18. The Hall–Kier alpha value is -0.570. The molecule has 16 heavy (non-hydrogen) atoms. The molecular formula is C13H20ClNO. The van der Waals surface area contributed by atoms with E-state index in [2.05, 4.69) is 12.1 Å². The Balaban J connectivity index is 0.00000128. The van der Waals surface area contributed by atoms with Crippen LogP contribution in [0, 0.1) is 5.92 Å². The minimum absolute atomic E-state index is 0. The van der Waals surface area contributed by atoms with Crippen molar-refractivity contribution in [2.24, 2.45) is 11.7 Å². The van der Waals surface area contributed by atoms with Crippen molar-refractivity contribution in [3.8, 4) is 0 Å². The molecule has 0 spiro atoms. The minimum Gasteiger partial charge on any atom is -0.376 e. The third-order valence-corrected chi connectivity index (χ3v) is 3.05. The van der Waals surface area contributed by atoms with Gasteiger partial charge in [-0.25, -0.2) is 0 Å². The SMILES string of the molecule is Cl.N[C@@H]1CC[C@H](COCc2ccccc2)C1. The summed E-state index contributed by atoms with van der Waals surface area (Å²) in [5, 5.41) is 0. The van der Waals surface area contributed by atoms with E-state index < -0.39 is 0 Å². The lowest BCUT2D eigenvalue weighted by molar-refractivity contribution is 0.0885. The second-order valence-electron chi connectivity index (χ2n) is 4.44. The molecule has 90 valence electrons. The number of ether oxygens (including phenoxy) is 1. The van der Waals surface area contributed by atoms with Gasteiger partial charge in [-0.2, -0.15) is 0 Å². The molecule has 0 amide bonds. The van der Waals surface area contributed by atoms with Gasteiger partial charge in [0.1, 0.15) is 0 Å². The maximum Gasteiger partial charge on any atom is 0.0717 e. The Kier molecular flexibility index (Phi) is 5.81. The van der Waals surface area contributed by atoms with Crippen LogP contribution in [-0.4, -0.2) is 12.6 Å². The predicted octanol–water partition coefficient (Wildman–Crippen LogP) is 2.75. The molecule has 3 heteroatoms. The van der Waals surface area contributed by atoms with Gasteiger partial charge < -0.3 is 10.5 Å². The zero-order valence-corrected chi connectivity index (χ0v) is 10.3. The molecule has 0 aromatic heterocycles. The van der Waals surface area contributed by atoms with E-state index in [-0.39, 0.29) is 12.4 Å². The standard InChI is InChI=1S/C13H19NO.ClH/c14-13-7-6-12(8-13)10-15-9-11-4-2-1-3-5-11;/h1-5,12-13H,6-10,14H2;1H/t12-,13+;/m0./s1. The Morgan fingerprint density at radius 3 is 2.56 bits per heavy atom. The summed E-state index contributed by atoms with van der Waals surface area (Å²) < 4.78 is 5.70. The van der Waals surface area contributed by atoms with Gasteiger partial charge in [-0.3, -0.25) is 0 Å². The summed E-state index contributed by atoms with van der Waals surface area (Å²) in [6.45, 7) is 1.59. The topological polar surface area (TPSA) is 35.2 Å². The lowest BCUT2D eigenvalue weighted by atomic mass is 10.1. The summed E-state index contributed by atoms with van der Waals surface area (Å²) >= 11 is 0. The summed E-state index contributed by atoms with van der Waals surface area (Å²) in [5.74, 6) is 0.684. The summed E-state index contributed by atoms with van der Waals surface area (Å²) in [6.07, 6.45) is 3.53. The van der Waals surface area contributed by atoms with E-state index >= 15 is 0 Å². The van der Waals surface area contributed by atoms with Crippen LogP contribution in [0.3, 0.4) is 0 Å². The lowest BCUT2D eigenvalue weighted by Crippen LogP contribution is -2.16. The van der Waals surface area contributed by atoms with Gasteiger partial charge in [0, 0.05) is 12.6 Å². The molecule has 1 aromatic rings. The van der Waals surface area contributed by atoms with E-state index in [1.165, 1.54) is 18.4 Å². The van der Waals surface area contributed by atoms with Gasteiger partial charge in [0.2, 0.25) is 0 Å². The average molecular weight is 242 g/mol. The molecular weight excluding hydrogens is 222 g/mol. The Bertz CT molecular complexity index is 291. The largest absolute Gasteiger partial charge is 0.376 e. The molecule has 1 fully saturated rings.